The Kier molecular flexibility index (Phi) is 4.67. The van der Waals surface area contributed by atoms with Gasteiger partial charge in [-0.1, -0.05) is 44.2 Å². The van der Waals surface area contributed by atoms with Crippen LogP contribution in [0.5, 0.6) is 0 Å². The normalized spacial score (nSPS) is 16.7. The van der Waals surface area contributed by atoms with E-state index in [4.69, 9.17) is 2.74 Å². The van der Waals surface area contributed by atoms with Crippen molar-refractivity contribution < 1.29 is 12.3 Å². The Hall–Kier alpha value is -1.35. The van der Waals surface area contributed by atoms with Crippen molar-refractivity contribution in [3.63, 3.8) is 0 Å². The van der Waals surface area contributed by atoms with Crippen LogP contribution in [0.3, 0.4) is 0 Å². The molecule has 0 saturated heterocycles. The molecule has 1 aromatic carbocycles. The molecule has 0 fully saturated rings. The molecule has 1 aromatic rings. The van der Waals surface area contributed by atoms with Crippen LogP contribution in [0.1, 0.15) is 41.5 Å². The fourth-order valence-electron chi connectivity index (χ4n) is 1.69. The van der Waals surface area contributed by atoms with Crippen LogP contribution in [0.15, 0.2) is 30.3 Å². The zero-order chi connectivity index (χ0) is 15.3. The third-order valence-electron chi connectivity index (χ3n) is 2.85. The first-order valence-corrected chi connectivity index (χ1v) is 6.20. The number of rotatable bonds is 6. The Morgan fingerprint density at radius 2 is 1.94 bits per heavy atom. The summed E-state index contributed by atoms with van der Waals surface area (Å²) >= 11 is 0. The summed E-state index contributed by atoms with van der Waals surface area (Å²) in [6, 6.07) is 9.09. The molecule has 2 atom stereocenters. The predicted octanol–water partition coefficient (Wildman–Crippen LogP) is 2.92. The molecule has 1 N–H and O–H groups in total. The van der Waals surface area contributed by atoms with Crippen LogP contribution < -0.4 is 5.32 Å². The SMILES string of the molecule is [2H]C([2H])(C(=O)OC)C(N[C@H](C)c1ccccc1)C(C)C. The van der Waals surface area contributed by atoms with Crippen molar-refractivity contribution in [2.24, 2.45) is 5.92 Å². The molecule has 0 aliphatic rings. The topological polar surface area (TPSA) is 38.3 Å². The second kappa shape index (κ2) is 7.17. The van der Waals surface area contributed by atoms with Crippen LogP contribution in [0.2, 0.25) is 0 Å². The lowest BCUT2D eigenvalue weighted by Crippen LogP contribution is -2.37. The third-order valence-corrected chi connectivity index (χ3v) is 2.85. The first kappa shape index (κ1) is 11.7. The van der Waals surface area contributed by atoms with E-state index in [1.54, 1.807) is 0 Å². The van der Waals surface area contributed by atoms with E-state index in [2.05, 4.69) is 10.1 Å². The average Bonchev–Trinajstić information content (AvgIpc) is 2.43. The lowest BCUT2D eigenvalue weighted by atomic mass is 9.98. The fraction of sp³-hybridized carbons (Fsp3) is 0.533. The van der Waals surface area contributed by atoms with Crippen LogP contribution >= 0.6 is 0 Å². The second-order valence-electron chi connectivity index (χ2n) is 4.66. The van der Waals surface area contributed by atoms with Gasteiger partial charge >= 0.3 is 5.97 Å². The number of methoxy groups -OCH3 is 1. The van der Waals surface area contributed by atoms with E-state index in [1.807, 2.05) is 51.1 Å². The molecule has 1 unspecified atom stereocenters. The molecule has 0 aliphatic carbocycles. The molecule has 0 bridgehead atoms. The molecule has 100 valence electrons. The molecular formula is C15H23NO2. The van der Waals surface area contributed by atoms with E-state index >= 15 is 0 Å². The van der Waals surface area contributed by atoms with Crippen molar-refractivity contribution in [1.82, 2.24) is 5.32 Å². The summed E-state index contributed by atoms with van der Waals surface area (Å²) in [6.45, 7) is 5.73. The second-order valence-corrected chi connectivity index (χ2v) is 4.66. The van der Waals surface area contributed by atoms with Crippen molar-refractivity contribution in [3.05, 3.63) is 35.9 Å². The summed E-state index contributed by atoms with van der Waals surface area (Å²) < 4.78 is 20.6. The Morgan fingerprint density at radius 1 is 1.33 bits per heavy atom. The van der Waals surface area contributed by atoms with Gasteiger partial charge in [0.05, 0.1) is 13.5 Å². The number of ether oxygens (including phenoxy) is 1. The summed E-state index contributed by atoms with van der Waals surface area (Å²) in [5.41, 5.74) is 1.05. The average molecular weight is 251 g/mol. The van der Waals surface area contributed by atoms with Gasteiger partial charge < -0.3 is 10.1 Å². The van der Waals surface area contributed by atoms with E-state index in [0.717, 1.165) is 5.56 Å². The standard InChI is InChI=1S/C15H23NO2/c1-11(2)14(10-15(17)18-4)16-12(3)13-8-6-5-7-9-13/h5-9,11-12,14,16H,10H2,1-4H3/t12-,14?/m1/s1/i10D2. The molecule has 3 nitrogen and oxygen atoms in total. The van der Waals surface area contributed by atoms with Gasteiger partial charge in [-0.25, -0.2) is 0 Å². The fourth-order valence-corrected chi connectivity index (χ4v) is 1.69. The van der Waals surface area contributed by atoms with Crippen molar-refractivity contribution >= 4 is 5.97 Å². The van der Waals surface area contributed by atoms with Gasteiger partial charge in [0.15, 0.2) is 0 Å². The van der Waals surface area contributed by atoms with Crippen LogP contribution in [-0.2, 0) is 9.53 Å². The van der Waals surface area contributed by atoms with Gasteiger partial charge in [0.25, 0.3) is 0 Å². The first-order valence-electron chi connectivity index (χ1n) is 7.20. The lowest BCUT2D eigenvalue weighted by molar-refractivity contribution is -0.141. The number of carbonyl (C=O) groups excluding carboxylic acids is 1. The maximum atomic E-state index is 11.7. The zero-order valence-electron chi connectivity index (χ0n) is 13.4. The lowest BCUT2D eigenvalue weighted by Gasteiger charge is -2.26. The van der Waals surface area contributed by atoms with Crippen LogP contribution in [0.25, 0.3) is 0 Å². The molecule has 18 heavy (non-hydrogen) atoms. The van der Waals surface area contributed by atoms with Gasteiger partial charge in [0, 0.05) is 14.8 Å². The summed E-state index contributed by atoms with van der Waals surface area (Å²) in [6.07, 6.45) is -2.06. The van der Waals surface area contributed by atoms with E-state index in [9.17, 15) is 4.79 Å². The van der Waals surface area contributed by atoms with Crippen LogP contribution in [0, 0.1) is 5.92 Å². The monoisotopic (exact) mass is 251 g/mol. The molecule has 3 heteroatoms. The van der Waals surface area contributed by atoms with Gasteiger partial charge in [-0.2, -0.15) is 0 Å². The molecule has 0 spiro atoms. The zero-order valence-corrected chi connectivity index (χ0v) is 11.4. The van der Waals surface area contributed by atoms with E-state index in [0.29, 0.717) is 0 Å². The van der Waals surface area contributed by atoms with Gasteiger partial charge in [0.2, 0.25) is 0 Å². The largest absolute Gasteiger partial charge is 0.469 e. The number of carbonyl (C=O) groups is 1. The van der Waals surface area contributed by atoms with Crippen molar-refractivity contribution in [2.45, 2.75) is 39.2 Å². The molecular weight excluding hydrogens is 226 g/mol. The van der Waals surface area contributed by atoms with E-state index in [-0.39, 0.29) is 12.0 Å². The molecule has 1 rings (SSSR count). The van der Waals surface area contributed by atoms with Gasteiger partial charge in [-0.05, 0) is 18.4 Å². The summed E-state index contributed by atoms with van der Waals surface area (Å²) in [7, 11) is 1.21. The van der Waals surface area contributed by atoms with E-state index in [1.165, 1.54) is 7.11 Å². The van der Waals surface area contributed by atoms with Crippen molar-refractivity contribution in [2.75, 3.05) is 7.11 Å². The minimum Gasteiger partial charge on any atom is -0.469 e. The highest BCUT2D eigenvalue weighted by molar-refractivity contribution is 5.69. The molecule has 0 saturated carbocycles. The van der Waals surface area contributed by atoms with Crippen LogP contribution in [0.4, 0.5) is 0 Å². The third kappa shape index (κ3) is 4.49. The van der Waals surface area contributed by atoms with Gasteiger partial charge in [0.1, 0.15) is 0 Å². The minimum absolute atomic E-state index is 0.0461. The highest BCUT2D eigenvalue weighted by Crippen LogP contribution is 2.16. The molecule has 0 heterocycles. The number of hydrogen-bond acceptors (Lipinski definition) is 3. The Balaban J connectivity index is 2.91. The Morgan fingerprint density at radius 3 is 2.44 bits per heavy atom. The Labute approximate surface area is 112 Å². The number of nitrogens with one attached hydrogen (secondary N) is 1. The molecule has 0 aromatic heterocycles. The number of benzene rings is 1. The minimum atomic E-state index is -2.06. The quantitative estimate of drug-likeness (QED) is 0.790. The maximum absolute atomic E-state index is 11.7. The smallest absolute Gasteiger partial charge is 0.307 e. The molecule has 0 amide bonds. The van der Waals surface area contributed by atoms with Gasteiger partial charge in [-0.15, -0.1) is 0 Å². The van der Waals surface area contributed by atoms with Crippen molar-refractivity contribution in [1.29, 1.82) is 0 Å². The summed E-state index contributed by atoms with van der Waals surface area (Å²) in [4.78, 5) is 11.7. The van der Waals surface area contributed by atoms with E-state index < -0.39 is 18.4 Å². The number of hydrogen-bond donors (Lipinski definition) is 1. The van der Waals surface area contributed by atoms with Gasteiger partial charge in [-0.3, -0.25) is 4.79 Å². The summed E-state index contributed by atoms with van der Waals surface area (Å²) in [5.74, 6) is -0.890. The molecule has 0 radical (unpaired) electrons. The highest BCUT2D eigenvalue weighted by atomic mass is 16.5. The first-order chi connectivity index (χ1) is 9.30. The highest BCUT2D eigenvalue weighted by Gasteiger charge is 2.20. The predicted molar refractivity (Wildman–Crippen MR) is 73.3 cm³/mol. The summed E-state index contributed by atoms with van der Waals surface area (Å²) in [5, 5.41) is 3.21. The Bertz CT molecular complexity index is 435. The number of esters is 1. The van der Waals surface area contributed by atoms with Crippen molar-refractivity contribution in [3.8, 4) is 0 Å². The maximum Gasteiger partial charge on any atom is 0.307 e. The van der Waals surface area contributed by atoms with Crippen LogP contribution in [-0.4, -0.2) is 19.1 Å². The molecule has 0 aliphatic heterocycles.